The molecular weight excluding hydrogens is 342 g/mol. The molecule has 0 unspecified atom stereocenters. The van der Waals surface area contributed by atoms with Gasteiger partial charge in [-0.05, 0) is 56.7 Å². The number of fused-ring (bicyclic) bond motifs is 1. The summed E-state index contributed by atoms with van der Waals surface area (Å²) in [6.45, 7) is 6.20. The van der Waals surface area contributed by atoms with E-state index in [2.05, 4.69) is 11.1 Å². The van der Waals surface area contributed by atoms with Crippen molar-refractivity contribution in [3.8, 4) is 0 Å². The van der Waals surface area contributed by atoms with Crippen molar-refractivity contribution in [1.29, 1.82) is 0 Å². The highest BCUT2D eigenvalue weighted by Gasteiger charge is 2.13. The summed E-state index contributed by atoms with van der Waals surface area (Å²) in [7, 11) is 0. The number of benzene rings is 2. The maximum Gasteiger partial charge on any atom is 0.338 e. The molecule has 5 heteroatoms. The third-order valence-electron chi connectivity index (χ3n) is 3.67. The minimum Gasteiger partial charge on any atom is -0.462 e. The average molecular weight is 360 g/mol. The first-order valence-corrected chi connectivity index (χ1v) is 8.92. The molecule has 24 heavy (non-hydrogen) atoms. The van der Waals surface area contributed by atoms with Crippen molar-refractivity contribution in [3.63, 3.8) is 0 Å². The number of rotatable bonds is 4. The quantitative estimate of drug-likeness (QED) is 0.601. The molecule has 0 saturated heterocycles. The highest BCUT2D eigenvalue weighted by molar-refractivity contribution is 7.99. The Morgan fingerprint density at radius 1 is 1.21 bits per heavy atom. The van der Waals surface area contributed by atoms with Crippen LogP contribution in [0.5, 0.6) is 0 Å². The number of esters is 1. The number of nitrogens with one attached hydrogen (secondary N) is 1. The lowest BCUT2D eigenvalue weighted by molar-refractivity contribution is 0.0526. The minimum atomic E-state index is -0.287. The van der Waals surface area contributed by atoms with Crippen molar-refractivity contribution < 1.29 is 9.53 Å². The Hall–Kier alpha value is -1.91. The molecule has 0 saturated carbocycles. The molecule has 0 bridgehead atoms. The fourth-order valence-corrected chi connectivity index (χ4v) is 4.00. The molecule has 0 spiro atoms. The van der Waals surface area contributed by atoms with Gasteiger partial charge >= 0.3 is 5.97 Å². The minimum absolute atomic E-state index is 0.287. The average Bonchev–Trinajstić information content (AvgIpc) is 2.82. The first kappa shape index (κ1) is 16.9. The van der Waals surface area contributed by atoms with Gasteiger partial charge in [0.1, 0.15) is 0 Å². The third kappa shape index (κ3) is 3.45. The van der Waals surface area contributed by atoms with Gasteiger partial charge in [0.25, 0.3) is 0 Å². The van der Waals surface area contributed by atoms with E-state index in [-0.39, 0.29) is 5.97 Å². The SMILES string of the molecule is CCOC(=O)c1cc(C)cc(Sc2c(C)[nH]c3cc(Cl)ccc23)c1. The van der Waals surface area contributed by atoms with Gasteiger partial charge in [-0.2, -0.15) is 0 Å². The zero-order valence-electron chi connectivity index (χ0n) is 13.8. The van der Waals surface area contributed by atoms with Crippen LogP contribution in [0.1, 0.15) is 28.5 Å². The van der Waals surface area contributed by atoms with E-state index in [9.17, 15) is 4.79 Å². The van der Waals surface area contributed by atoms with Gasteiger partial charge in [-0.25, -0.2) is 4.79 Å². The molecular formula is C19H18ClNO2S. The Morgan fingerprint density at radius 2 is 2.00 bits per heavy atom. The molecule has 3 nitrogen and oxygen atoms in total. The Kier molecular flexibility index (Phi) is 4.88. The fourth-order valence-electron chi connectivity index (χ4n) is 2.67. The van der Waals surface area contributed by atoms with Crippen LogP contribution in [-0.2, 0) is 4.74 Å². The fraction of sp³-hybridized carbons (Fsp3) is 0.211. The molecule has 2 aromatic carbocycles. The van der Waals surface area contributed by atoms with Crippen LogP contribution in [0.25, 0.3) is 10.9 Å². The van der Waals surface area contributed by atoms with Crippen LogP contribution in [0, 0.1) is 13.8 Å². The predicted molar refractivity (Wildman–Crippen MR) is 99.3 cm³/mol. The highest BCUT2D eigenvalue weighted by Crippen LogP contribution is 2.37. The number of aromatic nitrogens is 1. The smallest absolute Gasteiger partial charge is 0.338 e. The number of aryl methyl sites for hydroxylation is 2. The summed E-state index contributed by atoms with van der Waals surface area (Å²) in [5.74, 6) is -0.287. The van der Waals surface area contributed by atoms with Crippen LogP contribution in [0.4, 0.5) is 0 Å². The lowest BCUT2D eigenvalue weighted by atomic mass is 10.1. The van der Waals surface area contributed by atoms with Crippen molar-refractivity contribution in [2.24, 2.45) is 0 Å². The van der Waals surface area contributed by atoms with Gasteiger partial charge in [-0.3, -0.25) is 0 Å². The normalized spacial score (nSPS) is 11.0. The van der Waals surface area contributed by atoms with E-state index >= 15 is 0 Å². The van der Waals surface area contributed by atoms with Crippen LogP contribution in [0.3, 0.4) is 0 Å². The maximum atomic E-state index is 12.0. The molecule has 1 aromatic heterocycles. The Balaban J connectivity index is 2.00. The van der Waals surface area contributed by atoms with Crippen molar-refractivity contribution in [1.82, 2.24) is 4.98 Å². The van der Waals surface area contributed by atoms with E-state index in [4.69, 9.17) is 16.3 Å². The summed E-state index contributed by atoms with van der Waals surface area (Å²) in [5.41, 5.74) is 3.71. The largest absolute Gasteiger partial charge is 0.462 e. The molecule has 1 N–H and O–H groups in total. The predicted octanol–water partition coefficient (Wildman–Crippen LogP) is 5.77. The Bertz CT molecular complexity index is 917. The second-order valence-electron chi connectivity index (χ2n) is 5.63. The van der Waals surface area contributed by atoms with Crippen molar-refractivity contribution in [2.75, 3.05) is 6.61 Å². The third-order valence-corrected chi connectivity index (χ3v) is 5.11. The molecule has 0 aliphatic rings. The number of hydrogen-bond acceptors (Lipinski definition) is 3. The number of hydrogen-bond donors (Lipinski definition) is 1. The highest BCUT2D eigenvalue weighted by atomic mass is 35.5. The van der Waals surface area contributed by atoms with Gasteiger partial charge in [0.2, 0.25) is 0 Å². The van der Waals surface area contributed by atoms with E-state index < -0.39 is 0 Å². The van der Waals surface area contributed by atoms with Crippen LogP contribution in [-0.4, -0.2) is 17.6 Å². The summed E-state index contributed by atoms with van der Waals surface area (Å²) in [6.07, 6.45) is 0. The summed E-state index contributed by atoms with van der Waals surface area (Å²) in [6, 6.07) is 11.6. The monoisotopic (exact) mass is 359 g/mol. The summed E-state index contributed by atoms with van der Waals surface area (Å²) >= 11 is 7.71. The standard InChI is InChI=1S/C19H18ClNO2S/c1-4-23-19(22)13-7-11(2)8-15(9-13)24-18-12(3)21-17-10-14(20)5-6-16(17)18/h5-10,21H,4H2,1-3H3. The van der Waals surface area contributed by atoms with Crippen LogP contribution < -0.4 is 0 Å². The van der Waals surface area contributed by atoms with Gasteiger partial charge in [0.05, 0.1) is 12.2 Å². The number of ether oxygens (including phenoxy) is 1. The zero-order chi connectivity index (χ0) is 17.3. The van der Waals surface area contributed by atoms with E-state index in [1.807, 2.05) is 51.1 Å². The van der Waals surface area contributed by atoms with Crippen molar-refractivity contribution in [2.45, 2.75) is 30.6 Å². The lowest BCUT2D eigenvalue weighted by Gasteiger charge is -2.07. The molecule has 0 aliphatic carbocycles. The zero-order valence-corrected chi connectivity index (χ0v) is 15.3. The van der Waals surface area contributed by atoms with E-state index in [0.29, 0.717) is 17.2 Å². The lowest BCUT2D eigenvalue weighted by Crippen LogP contribution is -2.04. The van der Waals surface area contributed by atoms with Gasteiger partial charge in [0, 0.05) is 31.4 Å². The number of carbonyl (C=O) groups excluding carboxylic acids is 1. The molecule has 1 heterocycles. The maximum absolute atomic E-state index is 12.0. The van der Waals surface area contributed by atoms with E-state index in [1.54, 1.807) is 11.8 Å². The molecule has 3 aromatic rings. The number of carbonyl (C=O) groups is 1. The van der Waals surface area contributed by atoms with Crippen LogP contribution in [0.2, 0.25) is 5.02 Å². The van der Waals surface area contributed by atoms with E-state index in [1.165, 1.54) is 0 Å². The first-order valence-electron chi connectivity index (χ1n) is 7.72. The summed E-state index contributed by atoms with van der Waals surface area (Å²) < 4.78 is 5.11. The first-order chi connectivity index (χ1) is 11.5. The second-order valence-corrected chi connectivity index (χ2v) is 7.15. The topological polar surface area (TPSA) is 42.1 Å². The summed E-state index contributed by atoms with van der Waals surface area (Å²) in [4.78, 5) is 17.5. The van der Waals surface area contributed by atoms with Crippen molar-refractivity contribution in [3.05, 3.63) is 58.2 Å². The Morgan fingerprint density at radius 3 is 2.75 bits per heavy atom. The number of aromatic amines is 1. The molecule has 0 radical (unpaired) electrons. The van der Waals surface area contributed by atoms with E-state index in [0.717, 1.165) is 32.0 Å². The molecule has 0 fully saturated rings. The van der Waals surface area contributed by atoms with Crippen LogP contribution in [0.15, 0.2) is 46.2 Å². The molecule has 3 rings (SSSR count). The van der Waals surface area contributed by atoms with Gasteiger partial charge in [-0.15, -0.1) is 0 Å². The molecule has 124 valence electrons. The molecule has 0 aliphatic heterocycles. The molecule has 0 amide bonds. The van der Waals surface area contributed by atoms with Gasteiger partial charge in [-0.1, -0.05) is 29.4 Å². The Labute approximate surface area is 150 Å². The van der Waals surface area contributed by atoms with Crippen molar-refractivity contribution >= 4 is 40.2 Å². The number of H-pyrrole nitrogens is 1. The van der Waals surface area contributed by atoms with Crippen LogP contribution >= 0.6 is 23.4 Å². The van der Waals surface area contributed by atoms with Gasteiger partial charge < -0.3 is 9.72 Å². The number of halogens is 1. The summed E-state index contributed by atoms with van der Waals surface area (Å²) in [5, 5.41) is 1.83. The second kappa shape index (κ2) is 6.91. The molecule has 0 atom stereocenters. The van der Waals surface area contributed by atoms with Gasteiger partial charge in [0.15, 0.2) is 0 Å².